The summed E-state index contributed by atoms with van der Waals surface area (Å²) in [6, 6.07) is 11.1. The molecule has 1 aliphatic rings. The Labute approximate surface area is 163 Å². The van der Waals surface area contributed by atoms with Gasteiger partial charge >= 0.3 is 0 Å². The van der Waals surface area contributed by atoms with E-state index in [-0.39, 0.29) is 11.5 Å². The predicted molar refractivity (Wildman–Crippen MR) is 110 cm³/mol. The van der Waals surface area contributed by atoms with Crippen LogP contribution in [0.25, 0.3) is 5.65 Å². The normalized spacial score (nSPS) is 13.9. The zero-order valence-corrected chi connectivity index (χ0v) is 16.2. The summed E-state index contributed by atoms with van der Waals surface area (Å²) in [4.78, 5) is 31.7. The van der Waals surface area contributed by atoms with Crippen molar-refractivity contribution >= 4 is 17.2 Å². The predicted octanol–water partition coefficient (Wildman–Crippen LogP) is 3.16. The molecule has 3 heterocycles. The van der Waals surface area contributed by atoms with Crippen molar-refractivity contribution in [2.45, 2.75) is 33.2 Å². The molecule has 3 aromatic rings. The number of amides is 1. The zero-order chi connectivity index (χ0) is 19.7. The molecule has 2 aromatic heterocycles. The smallest absolute Gasteiger partial charge is 0.258 e. The molecule has 0 spiro atoms. The summed E-state index contributed by atoms with van der Waals surface area (Å²) in [6.45, 7) is 5.98. The third kappa shape index (κ3) is 3.38. The Morgan fingerprint density at radius 3 is 2.71 bits per heavy atom. The van der Waals surface area contributed by atoms with Crippen molar-refractivity contribution in [2.75, 3.05) is 18.4 Å². The van der Waals surface area contributed by atoms with Gasteiger partial charge in [-0.3, -0.25) is 14.0 Å². The highest BCUT2D eigenvalue weighted by molar-refractivity contribution is 5.97. The van der Waals surface area contributed by atoms with Crippen LogP contribution in [0.15, 0.2) is 47.4 Å². The highest BCUT2D eigenvalue weighted by Crippen LogP contribution is 2.22. The Kier molecular flexibility index (Phi) is 4.86. The van der Waals surface area contributed by atoms with E-state index in [1.807, 2.05) is 49.1 Å². The Morgan fingerprint density at radius 2 is 1.93 bits per heavy atom. The highest BCUT2D eigenvalue weighted by Gasteiger charge is 2.21. The molecule has 0 radical (unpaired) electrons. The fourth-order valence-corrected chi connectivity index (χ4v) is 3.73. The first-order valence-electron chi connectivity index (χ1n) is 9.65. The van der Waals surface area contributed by atoms with Gasteiger partial charge in [-0.2, -0.15) is 0 Å². The second kappa shape index (κ2) is 7.46. The molecular weight excluding hydrogens is 352 g/mol. The lowest BCUT2D eigenvalue weighted by Gasteiger charge is -2.18. The van der Waals surface area contributed by atoms with Gasteiger partial charge in [0.15, 0.2) is 0 Å². The number of fused-ring (bicyclic) bond motifs is 1. The molecule has 1 aliphatic heterocycles. The van der Waals surface area contributed by atoms with Crippen molar-refractivity contribution < 1.29 is 4.79 Å². The van der Waals surface area contributed by atoms with Crippen molar-refractivity contribution in [3.63, 3.8) is 0 Å². The van der Waals surface area contributed by atoms with Gasteiger partial charge in [0, 0.05) is 36.6 Å². The number of hydrogen-bond donors (Lipinski definition) is 1. The lowest BCUT2D eigenvalue weighted by molar-refractivity contribution is 0.0792. The molecule has 0 aliphatic carbocycles. The van der Waals surface area contributed by atoms with Crippen LogP contribution in [0.4, 0.5) is 5.69 Å². The van der Waals surface area contributed by atoms with Gasteiger partial charge in [0.05, 0.1) is 12.2 Å². The minimum atomic E-state index is -0.0971. The Bertz CT molecular complexity index is 1100. The molecule has 0 saturated carbocycles. The summed E-state index contributed by atoms with van der Waals surface area (Å²) in [5.41, 5.74) is 4.74. The minimum absolute atomic E-state index is 0.0938. The number of rotatable bonds is 4. The third-order valence-corrected chi connectivity index (χ3v) is 5.36. The van der Waals surface area contributed by atoms with Crippen LogP contribution in [0.2, 0.25) is 0 Å². The van der Waals surface area contributed by atoms with Gasteiger partial charge in [-0.1, -0.05) is 12.1 Å². The number of aryl methyl sites for hydroxylation is 1. The maximum Gasteiger partial charge on any atom is 0.258 e. The number of carbonyl (C=O) groups is 1. The van der Waals surface area contributed by atoms with Crippen LogP contribution in [0.1, 0.15) is 40.0 Å². The number of nitrogens with one attached hydrogen (secondary N) is 1. The molecule has 0 unspecified atom stereocenters. The van der Waals surface area contributed by atoms with E-state index in [1.165, 1.54) is 0 Å². The maximum absolute atomic E-state index is 12.8. The van der Waals surface area contributed by atoms with Gasteiger partial charge in [-0.15, -0.1) is 0 Å². The number of likely N-dealkylation sites (tertiary alicyclic amines) is 1. The summed E-state index contributed by atoms with van der Waals surface area (Å²) in [5, 5.41) is 3.35. The average molecular weight is 376 g/mol. The second-order valence-electron chi connectivity index (χ2n) is 7.30. The summed E-state index contributed by atoms with van der Waals surface area (Å²) in [7, 11) is 0. The van der Waals surface area contributed by atoms with Crippen LogP contribution < -0.4 is 10.9 Å². The molecule has 4 rings (SSSR count). The van der Waals surface area contributed by atoms with Crippen molar-refractivity contribution in [1.29, 1.82) is 0 Å². The van der Waals surface area contributed by atoms with Gasteiger partial charge in [0.2, 0.25) is 0 Å². The lowest BCUT2D eigenvalue weighted by atomic mass is 10.1. The first-order valence-corrected chi connectivity index (χ1v) is 9.65. The number of carbonyl (C=O) groups excluding carboxylic acids is 1. The summed E-state index contributed by atoms with van der Waals surface area (Å²) in [5.74, 6) is 0.0938. The molecule has 28 heavy (non-hydrogen) atoms. The fraction of sp³-hybridized carbons (Fsp3) is 0.318. The monoisotopic (exact) mass is 376 g/mol. The Hall–Kier alpha value is -3.15. The van der Waals surface area contributed by atoms with Gasteiger partial charge in [-0.25, -0.2) is 4.98 Å². The van der Waals surface area contributed by atoms with Gasteiger partial charge in [0.1, 0.15) is 5.65 Å². The Morgan fingerprint density at radius 1 is 1.14 bits per heavy atom. The van der Waals surface area contributed by atoms with E-state index in [2.05, 4.69) is 10.3 Å². The van der Waals surface area contributed by atoms with Crippen LogP contribution in [-0.2, 0) is 6.54 Å². The SMILES string of the molecule is Cc1c(NCc2cc(=O)n3cccc(C)c3n2)cccc1C(=O)N1CCCC1. The van der Waals surface area contributed by atoms with E-state index >= 15 is 0 Å². The quantitative estimate of drug-likeness (QED) is 0.760. The van der Waals surface area contributed by atoms with Crippen molar-refractivity contribution in [3.05, 3.63) is 75.3 Å². The van der Waals surface area contributed by atoms with Crippen LogP contribution in [0, 0.1) is 13.8 Å². The Balaban J connectivity index is 1.58. The first-order chi connectivity index (χ1) is 13.5. The van der Waals surface area contributed by atoms with E-state index < -0.39 is 0 Å². The average Bonchev–Trinajstić information content (AvgIpc) is 3.22. The number of hydrogen-bond acceptors (Lipinski definition) is 4. The van der Waals surface area contributed by atoms with Crippen molar-refractivity contribution in [2.24, 2.45) is 0 Å². The zero-order valence-electron chi connectivity index (χ0n) is 16.2. The van der Waals surface area contributed by atoms with E-state index in [0.717, 1.165) is 48.3 Å². The third-order valence-electron chi connectivity index (χ3n) is 5.36. The molecule has 6 nitrogen and oxygen atoms in total. The number of anilines is 1. The lowest BCUT2D eigenvalue weighted by Crippen LogP contribution is -2.28. The second-order valence-corrected chi connectivity index (χ2v) is 7.30. The van der Waals surface area contributed by atoms with E-state index in [1.54, 1.807) is 16.7 Å². The topological polar surface area (TPSA) is 66.7 Å². The molecule has 1 aromatic carbocycles. The van der Waals surface area contributed by atoms with Gasteiger partial charge in [0.25, 0.3) is 11.5 Å². The number of aromatic nitrogens is 2. The summed E-state index contributed by atoms with van der Waals surface area (Å²) in [6.07, 6.45) is 3.88. The fourth-order valence-electron chi connectivity index (χ4n) is 3.73. The molecule has 1 saturated heterocycles. The number of nitrogens with zero attached hydrogens (tertiary/aromatic N) is 3. The minimum Gasteiger partial charge on any atom is -0.379 e. The largest absolute Gasteiger partial charge is 0.379 e. The van der Waals surface area contributed by atoms with E-state index in [4.69, 9.17) is 0 Å². The molecule has 144 valence electrons. The van der Waals surface area contributed by atoms with Gasteiger partial charge in [-0.05, 0) is 56.0 Å². The molecular formula is C22H24N4O2. The van der Waals surface area contributed by atoms with Crippen LogP contribution in [0.5, 0.6) is 0 Å². The molecule has 0 bridgehead atoms. The highest BCUT2D eigenvalue weighted by atomic mass is 16.2. The van der Waals surface area contributed by atoms with E-state index in [9.17, 15) is 9.59 Å². The van der Waals surface area contributed by atoms with Crippen molar-refractivity contribution in [1.82, 2.24) is 14.3 Å². The van der Waals surface area contributed by atoms with Crippen LogP contribution >= 0.6 is 0 Å². The first kappa shape index (κ1) is 18.2. The molecule has 1 fully saturated rings. The van der Waals surface area contributed by atoms with Crippen LogP contribution in [-0.4, -0.2) is 33.3 Å². The number of benzene rings is 1. The van der Waals surface area contributed by atoms with Gasteiger partial charge < -0.3 is 10.2 Å². The molecule has 0 atom stereocenters. The molecule has 6 heteroatoms. The summed E-state index contributed by atoms with van der Waals surface area (Å²) >= 11 is 0. The molecule has 1 N–H and O–H groups in total. The maximum atomic E-state index is 12.8. The standard InChI is InChI=1S/C22H24N4O2/c1-15-7-6-12-26-20(27)13-17(24-21(15)26)14-23-19-9-5-8-18(16(19)2)22(28)25-10-3-4-11-25/h5-9,12-13,23H,3-4,10-11,14H2,1-2H3. The number of pyridine rings is 1. The van der Waals surface area contributed by atoms with E-state index in [0.29, 0.717) is 17.9 Å². The molecule has 1 amide bonds. The van der Waals surface area contributed by atoms with Crippen molar-refractivity contribution in [3.8, 4) is 0 Å². The van der Waals surface area contributed by atoms with Crippen LogP contribution in [0.3, 0.4) is 0 Å². The summed E-state index contributed by atoms with van der Waals surface area (Å²) < 4.78 is 1.55.